The molecule has 98 valence electrons. The SMILES string of the molecule is C=C(C)CNC(N)=NCC1(C)CCCCCC1. The highest BCUT2D eigenvalue weighted by atomic mass is 15.1. The molecule has 1 aliphatic carbocycles. The van der Waals surface area contributed by atoms with Gasteiger partial charge in [-0.3, -0.25) is 4.99 Å². The van der Waals surface area contributed by atoms with Crippen molar-refractivity contribution < 1.29 is 0 Å². The van der Waals surface area contributed by atoms with Crippen molar-refractivity contribution in [1.29, 1.82) is 0 Å². The molecule has 1 fully saturated rings. The topological polar surface area (TPSA) is 50.4 Å². The number of hydrogen-bond donors (Lipinski definition) is 2. The first kappa shape index (κ1) is 14.1. The predicted molar refractivity (Wildman–Crippen MR) is 75.1 cm³/mol. The summed E-state index contributed by atoms with van der Waals surface area (Å²) in [5.41, 5.74) is 7.26. The van der Waals surface area contributed by atoms with Gasteiger partial charge in [0.2, 0.25) is 0 Å². The monoisotopic (exact) mass is 237 g/mol. The number of nitrogens with one attached hydrogen (secondary N) is 1. The molecule has 0 aromatic carbocycles. The van der Waals surface area contributed by atoms with Crippen LogP contribution in [0.2, 0.25) is 0 Å². The van der Waals surface area contributed by atoms with Crippen LogP contribution in [0.4, 0.5) is 0 Å². The average molecular weight is 237 g/mol. The first-order valence-electron chi connectivity index (χ1n) is 6.70. The normalized spacial score (nSPS) is 20.7. The summed E-state index contributed by atoms with van der Waals surface area (Å²) >= 11 is 0. The lowest BCUT2D eigenvalue weighted by atomic mass is 9.83. The molecular weight excluding hydrogens is 210 g/mol. The van der Waals surface area contributed by atoms with Crippen molar-refractivity contribution in [3.05, 3.63) is 12.2 Å². The van der Waals surface area contributed by atoms with Crippen molar-refractivity contribution in [3.8, 4) is 0 Å². The van der Waals surface area contributed by atoms with Gasteiger partial charge in [0.15, 0.2) is 5.96 Å². The van der Waals surface area contributed by atoms with Gasteiger partial charge in [0.25, 0.3) is 0 Å². The molecule has 1 saturated carbocycles. The molecule has 0 unspecified atom stereocenters. The quantitative estimate of drug-likeness (QED) is 0.342. The highest BCUT2D eigenvalue weighted by Gasteiger charge is 2.25. The van der Waals surface area contributed by atoms with Crippen molar-refractivity contribution in [2.45, 2.75) is 52.4 Å². The van der Waals surface area contributed by atoms with E-state index in [-0.39, 0.29) is 0 Å². The van der Waals surface area contributed by atoms with E-state index >= 15 is 0 Å². The molecule has 0 atom stereocenters. The molecule has 3 nitrogen and oxygen atoms in total. The number of hydrogen-bond acceptors (Lipinski definition) is 1. The van der Waals surface area contributed by atoms with Gasteiger partial charge in [-0.15, -0.1) is 0 Å². The zero-order chi connectivity index (χ0) is 12.7. The summed E-state index contributed by atoms with van der Waals surface area (Å²) in [5.74, 6) is 0.554. The van der Waals surface area contributed by atoms with Gasteiger partial charge in [-0.1, -0.05) is 44.8 Å². The van der Waals surface area contributed by atoms with E-state index in [0.29, 0.717) is 17.9 Å². The highest BCUT2D eigenvalue weighted by Crippen LogP contribution is 2.34. The van der Waals surface area contributed by atoms with Crippen LogP contribution >= 0.6 is 0 Å². The van der Waals surface area contributed by atoms with Crippen LogP contribution in [-0.4, -0.2) is 19.0 Å². The fourth-order valence-corrected chi connectivity index (χ4v) is 2.31. The second-order valence-electron chi connectivity index (χ2n) is 5.74. The van der Waals surface area contributed by atoms with Crippen molar-refractivity contribution in [1.82, 2.24) is 5.32 Å². The Bertz CT molecular complexity index is 273. The van der Waals surface area contributed by atoms with E-state index in [1.54, 1.807) is 0 Å². The molecule has 3 heteroatoms. The number of nitrogens with zero attached hydrogens (tertiary/aromatic N) is 1. The Balaban J connectivity index is 2.40. The molecule has 3 N–H and O–H groups in total. The van der Waals surface area contributed by atoms with Crippen LogP contribution < -0.4 is 11.1 Å². The zero-order valence-corrected chi connectivity index (χ0v) is 11.4. The minimum Gasteiger partial charge on any atom is -0.370 e. The lowest BCUT2D eigenvalue weighted by molar-refractivity contribution is 0.290. The largest absolute Gasteiger partial charge is 0.370 e. The fourth-order valence-electron chi connectivity index (χ4n) is 2.31. The average Bonchev–Trinajstić information content (AvgIpc) is 2.49. The van der Waals surface area contributed by atoms with Gasteiger partial charge in [0.1, 0.15) is 0 Å². The molecule has 17 heavy (non-hydrogen) atoms. The van der Waals surface area contributed by atoms with Crippen molar-refractivity contribution in [2.75, 3.05) is 13.1 Å². The minimum atomic E-state index is 0.353. The van der Waals surface area contributed by atoms with Crippen molar-refractivity contribution in [2.24, 2.45) is 16.1 Å². The van der Waals surface area contributed by atoms with E-state index < -0.39 is 0 Å². The van der Waals surface area contributed by atoms with E-state index in [0.717, 1.165) is 12.1 Å². The van der Waals surface area contributed by atoms with E-state index in [9.17, 15) is 0 Å². The number of nitrogens with two attached hydrogens (primary N) is 1. The third kappa shape index (κ3) is 5.76. The Morgan fingerprint density at radius 3 is 2.41 bits per heavy atom. The maximum atomic E-state index is 5.83. The molecule has 0 heterocycles. The molecule has 0 aliphatic heterocycles. The molecule has 0 spiro atoms. The molecular formula is C14H27N3. The Morgan fingerprint density at radius 1 is 1.29 bits per heavy atom. The van der Waals surface area contributed by atoms with Gasteiger partial charge >= 0.3 is 0 Å². The predicted octanol–water partition coefficient (Wildman–Crippen LogP) is 2.83. The number of rotatable bonds is 4. The summed E-state index contributed by atoms with van der Waals surface area (Å²) in [7, 11) is 0. The van der Waals surface area contributed by atoms with E-state index in [1.807, 2.05) is 6.92 Å². The Hall–Kier alpha value is -0.990. The van der Waals surface area contributed by atoms with Crippen LogP contribution in [0.25, 0.3) is 0 Å². The van der Waals surface area contributed by atoms with Crippen LogP contribution in [0.15, 0.2) is 17.1 Å². The van der Waals surface area contributed by atoms with Crippen molar-refractivity contribution in [3.63, 3.8) is 0 Å². The van der Waals surface area contributed by atoms with Gasteiger partial charge in [0.05, 0.1) is 0 Å². The molecule has 0 amide bonds. The smallest absolute Gasteiger partial charge is 0.188 e. The molecule has 0 aromatic rings. The molecule has 0 radical (unpaired) electrons. The maximum Gasteiger partial charge on any atom is 0.188 e. The summed E-state index contributed by atoms with van der Waals surface area (Å²) in [4.78, 5) is 4.48. The molecule has 0 aromatic heterocycles. The van der Waals surface area contributed by atoms with Crippen LogP contribution in [0.1, 0.15) is 52.4 Å². The van der Waals surface area contributed by atoms with Gasteiger partial charge in [-0.2, -0.15) is 0 Å². The third-order valence-electron chi connectivity index (χ3n) is 3.51. The Kier molecular flexibility index (Phi) is 5.52. The summed E-state index contributed by atoms with van der Waals surface area (Å²) in [6.07, 6.45) is 8.00. The van der Waals surface area contributed by atoms with E-state index in [2.05, 4.69) is 23.8 Å². The van der Waals surface area contributed by atoms with Gasteiger partial charge in [-0.05, 0) is 25.2 Å². The maximum absolute atomic E-state index is 5.83. The second kappa shape index (κ2) is 6.67. The van der Waals surface area contributed by atoms with E-state index in [1.165, 1.54) is 38.5 Å². The van der Waals surface area contributed by atoms with Crippen LogP contribution in [0, 0.1) is 5.41 Å². The summed E-state index contributed by atoms with van der Waals surface area (Å²) in [6.45, 7) is 9.71. The molecule has 0 saturated heterocycles. The summed E-state index contributed by atoms with van der Waals surface area (Å²) < 4.78 is 0. The van der Waals surface area contributed by atoms with E-state index in [4.69, 9.17) is 5.73 Å². The molecule has 1 aliphatic rings. The first-order valence-corrected chi connectivity index (χ1v) is 6.70. The molecule has 1 rings (SSSR count). The van der Waals surface area contributed by atoms with Gasteiger partial charge in [-0.25, -0.2) is 0 Å². The van der Waals surface area contributed by atoms with Crippen LogP contribution in [0.3, 0.4) is 0 Å². The minimum absolute atomic E-state index is 0.353. The number of aliphatic imine (C=N–C) groups is 1. The standard InChI is InChI=1S/C14H27N3/c1-12(2)10-16-13(15)17-11-14(3)8-6-4-5-7-9-14/h1,4-11H2,2-3H3,(H3,15,16,17). The summed E-state index contributed by atoms with van der Waals surface area (Å²) in [6, 6.07) is 0. The lowest BCUT2D eigenvalue weighted by Crippen LogP contribution is -2.34. The second-order valence-corrected chi connectivity index (χ2v) is 5.74. The highest BCUT2D eigenvalue weighted by molar-refractivity contribution is 5.78. The van der Waals surface area contributed by atoms with Crippen molar-refractivity contribution >= 4 is 5.96 Å². The zero-order valence-electron chi connectivity index (χ0n) is 11.4. The van der Waals surface area contributed by atoms with Crippen LogP contribution in [0.5, 0.6) is 0 Å². The molecule has 0 bridgehead atoms. The van der Waals surface area contributed by atoms with Gasteiger partial charge in [0, 0.05) is 13.1 Å². The lowest BCUT2D eigenvalue weighted by Gasteiger charge is -2.26. The number of guanidine groups is 1. The first-order chi connectivity index (χ1) is 8.02. The van der Waals surface area contributed by atoms with Gasteiger partial charge < -0.3 is 11.1 Å². The Labute approximate surface area is 106 Å². The Morgan fingerprint density at radius 2 is 1.88 bits per heavy atom. The van der Waals surface area contributed by atoms with Crippen LogP contribution in [-0.2, 0) is 0 Å². The fraction of sp³-hybridized carbons (Fsp3) is 0.786. The summed E-state index contributed by atoms with van der Waals surface area (Å²) in [5, 5.41) is 3.08. The third-order valence-corrected chi connectivity index (χ3v) is 3.51.